The number of nitrogens with one attached hydrogen (secondary N) is 2. The van der Waals surface area contributed by atoms with E-state index in [9.17, 15) is 4.79 Å². The van der Waals surface area contributed by atoms with Crippen molar-refractivity contribution in [3.63, 3.8) is 0 Å². The number of amides is 1. The molecule has 1 saturated carbocycles. The molecule has 0 aromatic carbocycles. The summed E-state index contributed by atoms with van der Waals surface area (Å²) in [6.45, 7) is 3.17. The lowest BCUT2D eigenvalue weighted by molar-refractivity contribution is -0.120. The van der Waals surface area contributed by atoms with Crippen molar-refractivity contribution in [3.8, 4) is 0 Å². The van der Waals surface area contributed by atoms with Crippen LogP contribution in [0.5, 0.6) is 0 Å². The minimum Gasteiger partial charge on any atom is -0.352 e. The van der Waals surface area contributed by atoms with Crippen molar-refractivity contribution >= 4 is 5.91 Å². The predicted molar refractivity (Wildman–Crippen MR) is 48.8 cm³/mol. The number of carbonyl (C=O) groups is 1. The normalized spacial score (nSPS) is 16.8. The van der Waals surface area contributed by atoms with Crippen LogP contribution < -0.4 is 10.6 Å². The number of hydrogen-bond donors (Lipinski definition) is 2. The van der Waals surface area contributed by atoms with Crippen LogP contribution in [0.4, 0.5) is 0 Å². The largest absolute Gasteiger partial charge is 0.352 e. The second-order valence-electron chi connectivity index (χ2n) is 3.04. The molecular weight excluding hydrogens is 152 g/mol. The fraction of sp³-hybridized carbons (Fsp3) is 0.667. The van der Waals surface area contributed by atoms with Gasteiger partial charge in [-0.2, -0.15) is 0 Å². The van der Waals surface area contributed by atoms with Gasteiger partial charge in [-0.25, -0.2) is 0 Å². The summed E-state index contributed by atoms with van der Waals surface area (Å²) in [5, 5.41) is 5.93. The Kier molecular flexibility index (Phi) is 3.80. The van der Waals surface area contributed by atoms with Gasteiger partial charge >= 0.3 is 0 Å². The molecule has 1 fully saturated rings. The molecule has 3 heteroatoms. The van der Waals surface area contributed by atoms with E-state index in [1.807, 2.05) is 19.1 Å². The Bertz CT molecular complexity index is 173. The minimum atomic E-state index is 0.113. The molecule has 1 rings (SSSR count). The van der Waals surface area contributed by atoms with Crippen LogP contribution in [0.1, 0.15) is 19.8 Å². The summed E-state index contributed by atoms with van der Waals surface area (Å²) in [6.07, 6.45) is 6.26. The molecule has 0 atom stereocenters. The van der Waals surface area contributed by atoms with Crippen LogP contribution in [0.25, 0.3) is 0 Å². The lowest BCUT2D eigenvalue weighted by Gasteiger charge is -2.02. The van der Waals surface area contributed by atoms with Crippen LogP contribution in [-0.2, 0) is 4.79 Å². The fourth-order valence-electron chi connectivity index (χ4n) is 0.893. The Morgan fingerprint density at radius 3 is 2.92 bits per heavy atom. The van der Waals surface area contributed by atoms with Gasteiger partial charge in [-0.15, -0.1) is 0 Å². The summed E-state index contributed by atoms with van der Waals surface area (Å²) in [4.78, 5) is 11.1. The van der Waals surface area contributed by atoms with Crippen molar-refractivity contribution in [3.05, 3.63) is 12.2 Å². The minimum absolute atomic E-state index is 0.113. The van der Waals surface area contributed by atoms with Crippen LogP contribution in [-0.4, -0.2) is 25.0 Å². The molecule has 3 nitrogen and oxygen atoms in total. The molecule has 68 valence electrons. The van der Waals surface area contributed by atoms with Gasteiger partial charge in [0.15, 0.2) is 0 Å². The van der Waals surface area contributed by atoms with E-state index in [4.69, 9.17) is 0 Å². The molecule has 1 aliphatic carbocycles. The average Bonchev–Trinajstić information content (AvgIpc) is 2.82. The molecule has 0 bridgehead atoms. The van der Waals surface area contributed by atoms with Crippen molar-refractivity contribution < 1.29 is 4.79 Å². The highest BCUT2D eigenvalue weighted by atomic mass is 16.2. The molecule has 2 N–H and O–H groups in total. The third-order valence-electron chi connectivity index (χ3n) is 1.73. The highest BCUT2D eigenvalue weighted by molar-refractivity contribution is 5.78. The van der Waals surface area contributed by atoms with Gasteiger partial charge in [0.05, 0.1) is 6.54 Å². The monoisotopic (exact) mass is 168 g/mol. The van der Waals surface area contributed by atoms with Gasteiger partial charge in [-0.3, -0.25) is 4.79 Å². The van der Waals surface area contributed by atoms with Gasteiger partial charge in [0.25, 0.3) is 0 Å². The summed E-state index contributed by atoms with van der Waals surface area (Å²) in [6, 6.07) is 0.473. The smallest absolute Gasteiger partial charge is 0.234 e. The molecule has 0 aliphatic heterocycles. The summed E-state index contributed by atoms with van der Waals surface area (Å²) >= 11 is 0. The van der Waals surface area contributed by atoms with Gasteiger partial charge in [0, 0.05) is 12.6 Å². The SMILES string of the molecule is C/C=C/CNCC(=O)NC1CC1. The van der Waals surface area contributed by atoms with E-state index in [1.165, 1.54) is 0 Å². The Hall–Kier alpha value is -0.830. The van der Waals surface area contributed by atoms with Gasteiger partial charge in [-0.1, -0.05) is 12.2 Å². The number of rotatable bonds is 5. The second-order valence-corrected chi connectivity index (χ2v) is 3.04. The van der Waals surface area contributed by atoms with Crippen molar-refractivity contribution in [1.82, 2.24) is 10.6 Å². The Morgan fingerprint density at radius 1 is 1.58 bits per heavy atom. The maximum atomic E-state index is 11.1. The first kappa shape index (κ1) is 9.26. The van der Waals surface area contributed by atoms with Gasteiger partial charge in [0.1, 0.15) is 0 Å². The maximum Gasteiger partial charge on any atom is 0.234 e. The topological polar surface area (TPSA) is 41.1 Å². The molecular formula is C9H16N2O. The van der Waals surface area contributed by atoms with Crippen molar-refractivity contribution in [1.29, 1.82) is 0 Å². The zero-order chi connectivity index (χ0) is 8.81. The summed E-state index contributed by atoms with van der Waals surface area (Å²) in [5.74, 6) is 0.113. The summed E-state index contributed by atoms with van der Waals surface area (Å²) < 4.78 is 0. The van der Waals surface area contributed by atoms with E-state index in [2.05, 4.69) is 10.6 Å². The predicted octanol–water partition coefficient (Wildman–Crippen LogP) is 0.431. The second kappa shape index (κ2) is 4.93. The molecule has 1 aliphatic rings. The lowest BCUT2D eigenvalue weighted by Crippen LogP contribution is -2.35. The molecule has 0 aromatic rings. The summed E-state index contributed by atoms with van der Waals surface area (Å²) in [7, 11) is 0. The standard InChI is InChI=1S/C9H16N2O/c1-2-3-6-10-7-9(12)11-8-4-5-8/h2-3,8,10H,4-7H2,1H3,(H,11,12)/b3-2+. The van der Waals surface area contributed by atoms with Gasteiger partial charge in [-0.05, 0) is 19.8 Å². The number of hydrogen-bond acceptors (Lipinski definition) is 2. The Balaban J connectivity index is 1.94. The molecule has 0 radical (unpaired) electrons. The Labute approximate surface area is 73.2 Å². The number of carbonyl (C=O) groups excluding carboxylic acids is 1. The van der Waals surface area contributed by atoms with Crippen molar-refractivity contribution in [2.75, 3.05) is 13.1 Å². The van der Waals surface area contributed by atoms with Crippen molar-refractivity contribution in [2.24, 2.45) is 0 Å². The van der Waals surface area contributed by atoms with Crippen LogP contribution in [0.3, 0.4) is 0 Å². The van der Waals surface area contributed by atoms with Crippen molar-refractivity contribution in [2.45, 2.75) is 25.8 Å². The van der Waals surface area contributed by atoms with E-state index in [1.54, 1.807) is 0 Å². The van der Waals surface area contributed by atoms with Crippen LogP contribution in [0, 0.1) is 0 Å². The van der Waals surface area contributed by atoms with E-state index < -0.39 is 0 Å². The van der Waals surface area contributed by atoms with Crippen LogP contribution in [0.15, 0.2) is 12.2 Å². The third kappa shape index (κ3) is 4.13. The third-order valence-corrected chi connectivity index (χ3v) is 1.73. The first-order valence-electron chi connectivity index (χ1n) is 4.44. The highest BCUT2D eigenvalue weighted by Gasteiger charge is 2.22. The molecule has 0 saturated heterocycles. The summed E-state index contributed by atoms with van der Waals surface area (Å²) in [5.41, 5.74) is 0. The quantitative estimate of drug-likeness (QED) is 0.462. The molecule has 12 heavy (non-hydrogen) atoms. The lowest BCUT2D eigenvalue weighted by atomic mass is 10.5. The zero-order valence-corrected chi connectivity index (χ0v) is 7.47. The highest BCUT2D eigenvalue weighted by Crippen LogP contribution is 2.17. The average molecular weight is 168 g/mol. The first-order valence-corrected chi connectivity index (χ1v) is 4.44. The first-order chi connectivity index (χ1) is 5.83. The van der Waals surface area contributed by atoms with E-state index in [-0.39, 0.29) is 5.91 Å². The Morgan fingerprint density at radius 2 is 2.33 bits per heavy atom. The molecule has 0 aromatic heterocycles. The van der Waals surface area contributed by atoms with Crippen LogP contribution >= 0.6 is 0 Å². The molecule has 1 amide bonds. The molecule has 0 heterocycles. The van der Waals surface area contributed by atoms with E-state index >= 15 is 0 Å². The van der Waals surface area contributed by atoms with Crippen LogP contribution in [0.2, 0.25) is 0 Å². The van der Waals surface area contributed by atoms with E-state index in [0.717, 1.165) is 19.4 Å². The number of allylic oxidation sites excluding steroid dienone is 1. The molecule has 0 unspecified atom stereocenters. The van der Waals surface area contributed by atoms with Gasteiger partial charge in [0.2, 0.25) is 5.91 Å². The van der Waals surface area contributed by atoms with E-state index in [0.29, 0.717) is 12.6 Å². The zero-order valence-electron chi connectivity index (χ0n) is 7.47. The van der Waals surface area contributed by atoms with Gasteiger partial charge < -0.3 is 10.6 Å². The molecule has 0 spiro atoms. The maximum absolute atomic E-state index is 11.1. The fourth-order valence-corrected chi connectivity index (χ4v) is 0.893.